The number of benzene rings is 2. The third-order valence-corrected chi connectivity index (χ3v) is 5.37. The topological polar surface area (TPSA) is 80.2 Å². The molecule has 2 heterocycles. The Balaban J connectivity index is 1.77. The first-order chi connectivity index (χ1) is 15.4. The molecule has 162 valence electrons. The molecule has 0 saturated heterocycles. The summed E-state index contributed by atoms with van der Waals surface area (Å²) in [5, 5.41) is 4.90. The molecule has 0 unspecified atom stereocenters. The van der Waals surface area contributed by atoms with Crippen molar-refractivity contribution in [3.8, 4) is 17.1 Å². The van der Waals surface area contributed by atoms with E-state index in [-0.39, 0.29) is 12.5 Å². The van der Waals surface area contributed by atoms with Gasteiger partial charge in [0.2, 0.25) is 0 Å². The first-order valence-electron chi connectivity index (χ1n) is 9.68. The lowest BCUT2D eigenvalue weighted by Crippen LogP contribution is -2.27. The molecule has 4 aromatic rings. The highest BCUT2D eigenvalue weighted by molar-refractivity contribution is 6.42. The second-order valence-corrected chi connectivity index (χ2v) is 7.96. The standard InChI is InChI=1S/C23H19Cl2N5O2/c1-30(2)21(31)13-32-16-6-8-20-17(11-16)23(27-15-5-7-18(24)19(25)10-15)29-22(28-20)14-4-3-9-26-12-14/h3-12H,13H2,1-2H3,(H,27,28,29). The summed E-state index contributed by atoms with van der Waals surface area (Å²) in [7, 11) is 3.36. The van der Waals surface area contributed by atoms with Crippen LogP contribution in [0.5, 0.6) is 5.75 Å². The highest BCUT2D eigenvalue weighted by atomic mass is 35.5. The molecule has 9 heteroatoms. The van der Waals surface area contributed by atoms with Gasteiger partial charge in [-0.25, -0.2) is 9.97 Å². The number of carbonyl (C=O) groups is 1. The molecule has 0 aliphatic heterocycles. The van der Waals surface area contributed by atoms with Crippen LogP contribution < -0.4 is 10.1 Å². The number of nitrogens with zero attached hydrogens (tertiary/aromatic N) is 4. The minimum absolute atomic E-state index is 0.0668. The number of pyridine rings is 1. The van der Waals surface area contributed by atoms with Crippen LogP contribution in [0.25, 0.3) is 22.3 Å². The van der Waals surface area contributed by atoms with Gasteiger partial charge < -0.3 is 15.0 Å². The van der Waals surface area contributed by atoms with Crippen molar-refractivity contribution < 1.29 is 9.53 Å². The van der Waals surface area contributed by atoms with E-state index in [9.17, 15) is 4.79 Å². The molecule has 0 radical (unpaired) electrons. The maximum absolute atomic E-state index is 11.9. The monoisotopic (exact) mass is 467 g/mol. The zero-order chi connectivity index (χ0) is 22.7. The number of ether oxygens (including phenoxy) is 1. The van der Waals surface area contributed by atoms with E-state index < -0.39 is 0 Å². The molecule has 1 N–H and O–H groups in total. The number of hydrogen-bond acceptors (Lipinski definition) is 6. The van der Waals surface area contributed by atoms with Gasteiger partial charge in [0, 0.05) is 43.1 Å². The van der Waals surface area contributed by atoms with Gasteiger partial charge in [0.25, 0.3) is 5.91 Å². The number of fused-ring (bicyclic) bond motifs is 1. The van der Waals surface area contributed by atoms with Crippen molar-refractivity contribution in [1.29, 1.82) is 0 Å². The first kappa shape index (κ1) is 21.8. The van der Waals surface area contributed by atoms with E-state index in [4.69, 9.17) is 32.9 Å². The zero-order valence-corrected chi connectivity index (χ0v) is 18.9. The Labute approximate surface area is 195 Å². The van der Waals surface area contributed by atoms with Crippen LogP contribution in [0.2, 0.25) is 10.0 Å². The van der Waals surface area contributed by atoms with E-state index in [2.05, 4.69) is 15.3 Å². The van der Waals surface area contributed by atoms with Crippen LogP contribution in [0, 0.1) is 0 Å². The SMILES string of the molecule is CN(C)C(=O)COc1ccc2nc(-c3cccnc3)nc(Nc3ccc(Cl)c(Cl)c3)c2c1. The van der Waals surface area contributed by atoms with Gasteiger partial charge >= 0.3 is 0 Å². The van der Waals surface area contributed by atoms with Crippen molar-refractivity contribution in [2.45, 2.75) is 0 Å². The number of anilines is 2. The summed E-state index contributed by atoms with van der Waals surface area (Å²) in [4.78, 5) is 26.9. The van der Waals surface area contributed by atoms with Gasteiger partial charge in [-0.1, -0.05) is 23.2 Å². The third kappa shape index (κ3) is 4.90. The lowest BCUT2D eigenvalue weighted by atomic mass is 10.2. The van der Waals surface area contributed by atoms with Crippen molar-refractivity contribution in [3.05, 3.63) is 71.0 Å². The van der Waals surface area contributed by atoms with Gasteiger partial charge in [-0.2, -0.15) is 0 Å². The minimum Gasteiger partial charge on any atom is -0.484 e. The molecule has 0 aliphatic rings. The Morgan fingerprint density at radius 2 is 1.91 bits per heavy atom. The second kappa shape index (κ2) is 9.38. The van der Waals surface area contributed by atoms with Gasteiger partial charge in [-0.3, -0.25) is 9.78 Å². The Bertz CT molecular complexity index is 1280. The van der Waals surface area contributed by atoms with Crippen molar-refractivity contribution >= 4 is 51.5 Å². The maximum atomic E-state index is 11.9. The molecule has 2 aromatic carbocycles. The molecular weight excluding hydrogens is 449 g/mol. The smallest absolute Gasteiger partial charge is 0.259 e. The van der Waals surface area contributed by atoms with E-state index in [0.717, 1.165) is 10.9 Å². The van der Waals surface area contributed by atoms with Crippen LogP contribution in [-0.2, 0) is 4.79 Å². The second-order valence-electron chi connectivity index (χ2n) is 7.15. The minimum atomic E-state index is -0.137. The van der Waals surface area contributed by atoms with E-state index in [1.165, 1.54) is 4.90 Å². The lowest BCUT2D eigenvalue weighted by Gasteiger charge is -2.14. The fourth-order valence-electron chi connectivity index (χ4n) is 2.90. The van der Waals surface area contributed by atoms with Crippen LogP contribution in [0.1, 0.15) is 0 Å². The van der Waals surface area contributed by atoms with Crippen LogP contribution in [-0.4, -0.2) is 46.5 Å². The van der Waals surface area contributed by atoms with Crippen molar-refractivity contribution in [2.75, 3.05) is 26.0 Å². The summed E-state index contributed by atoms with van der Waals surface area (Å²) >= 11 is 12.2. The number of rotatable bonds is 6. The Kier molecular flexibility index (Phi) is 6.39. The van der Waals surface area contributed by atoms with Crippen molar-refractivity contribution in [2.24, 2.45) is 0 Å². The van der Waals surface area contributed by atoms with Gasteiger partial charge in [0.15, 0.2) is 12.4 Å². The predicted octanol–water partition coefficient (Wildman–Crippen LogP) is 5.21. The molecule has 2 aromatic heterocycles. The molecule has 0 spiro atoms. The molecule has 1 amide bonds. The fraction of sp³-hybridized carbons (Fsp3) is 0.130. The summed E-state index contributed by atoms with van der Waals surface area (Å²) in [6.07, 6.45) is 3.40. The number of nitrogens with one attached hydrogen (secondary N) is 1. The van der Waals surface area contributed by atoms with Crippen LogP contribution in [0.3, 0.4) is 0 Å². The van der Waals surface area contributed by atoms with Gasteiger partial charge in [-0.05, 0) is 48.5 Å². The largest absolute Gasteiger partial charge is 0.484 e. The van der Waals surface area contributed by atoms with Gasteiger partial charge in [0.1, 0.15) is 11.6 Å². The Hall–Kier alpha value is -3.42. The maximum Gasteiger partial charge on any atom is 0.259 e. The fourth-order valence-corrected chi connectivity index (χ4v) is 3.20. The van der Waals surface area contributed by atoms with Gasteiger partial charge in [-0.15, -0.1) is 0 Å². The highest BCUT2D eigenvalue weighted by Gasteiger charge is 2.13. The summed E-state index contributed by atoms with van der Waals surface area (Å²) in [5.74, 6) is 1.46. The molecule has 4 rings (SSSR count). The summed E-state index contributed by atoms with van der Waals surface area (Å²) < 4.78 is 5.67. The summed E-state index contributed by atoms with van der Waals surface area (Å²) in [6, 6.07) is 14.3. The summed E-state index contributed by atoms with van der Waals surface area (Å²) in [6.45, 7) is -0.0668. The number of carbonyl (C=O) groups excluding carboxylic acids is 1. The molecule has 0 saturated carbocycles. The molecule has 32 heavy (non-hydrogen) atoms. The predicted molar refractivity (Wildman–Crippen MR) is 127 cm³/mol. The quantitative estimate of drug-likeness (QED) is 0.419. The van der Waals surface area contributed by atoms with Crippen molar-refractivity contribution in [3.63, 3.8) is 0 Å². The molecular formula is C23H19Cl2N5O2. The van der Waals surface area contributed by atoms with Crippen molar-refractivity contribution in [1.82, 2.24) is 19.9 Å². The van der Waals surface area contributed by atoms with Crippen LogP contribution >= 0.6 is 23.2 Å². The van der Waals surface area contributed by atoms with Crippen LogP contribution in [0.15, 0.2) is 60.9 Å². The van der Waals surface area contributed by atoms with E-state index in [0.29, 0.717) is 38.6 Å². The van der Waals surface area contributed by atoms with Gasteiger partial charge in [0.05, 0.1) is 15.6 Å². The van der Waals surface area contributed by atoms with E-state index in [1.54, 1.807) is 50.8 Å². The summed E-state index contributed by atoms with van der Waals surface area (Å²) in [5.41, 5.74) is 2.20. The molecule has 0 aliphatic carbocycles. The highest BCUT2D eigenvalue weighted by Crippen LogP contribution is 2.32. The molecule has 0 bridgehead atoms. The Morgan fingerprint density at radius 3 is 2.62 bits per heavy atom. The van der Waals surface area contributed by atoms with Crippen LogP contribution in [0.4, 0.5) is 11.5 Å². The number of likely N-dealkylation sites (N-methyl/N-ethyl adjacent to an activating group) is 1. The Morgan fingerprint density at radius 1 is 1.06 bits per heavy atom. The lowest BCUT2D eigenvalue weighted by molar-refractivity contribution is -0.130. The normalized spacial score (nSPS) is 10.8. The first-order valence-corrected chi connectivity index (χ1v) is 10.4. The zero-order valence-electron chi connectivity index (χ0n) is 17.3. The van der Waals surface area contributed by atoms with E-state index in [1.807, 2.05) is 24.3 Å². The van der Waals surface area contributed by atoms with E-state index >= 15 is 0 Å². The average Bonchev–Trinajstić information content (AvgIpc) is 2.80. The average molecular weight is 468 g/mol. The molecule has 0 atom stereocenters. The number of amides is 1. The number of halogens is 2. The molecule has 7 nitrogen and oxygen atoms in total. The number of aromatic nitrogens is 3. The number of hydrogen-bond donors (Lipinski definition) is 1. The molecule has 0 fully saturated rings. The third-order valence-electron chi connectivity index (χ3n) is 4.63.